The normalized spacial score (nSPS) is 21.9. The van der Waals surface area contributed by atoms with Crippen LogP contribution in [-0.2, 0) is 6.54 Å². The number of likely N-dealkylation sites (tertiary alicyclic amines) is 1. The summed E-state index contributed by atoms with van der Waals surface area (Å²) < 4.78 is 2.06. The molecular weight excluding hydrogens is 198 g/mol. The van der Waals surface area contributed by atoms with Gasteiger partial charge in [-0.2, -0.15) is 5.26 Å². The molecule has 1 atom stereocenters. The third-order valence-electron chi connectivity index (χ3n) is 3.57. The lowest BCUT2D eigenvalue weighted by molar-refractivity contribution is 0.171. The molecule has 0 amide bonds. The molecule has 86 valence electrons. The predicted molar refractivity (Wildman–Crippen MR) is 64.0 cm³/mol. The van der Waals surface area contributed by atoms with Gasteiger partial charge in [-0.3, -0.25) is 0 Å². The summed E-state index contributed by atoms with van der Waals surface area (Å²) in [4.78, 5) is 2.46. The zero-order valence-corrected chi connectivity index (χ0v) is 9.89. The number of aromatic nitrogens is 1. The van der Waals surface area contributed by atoms with Gasteiger partial charge in [0.15, 0.2) is 0 Å². The van der Waals surface area contributed by atoms with E-state index in [0.29, 0.717) is 6.04 Å². The van der Waals surface area contributed by atoms with E-state index >= 15 is 0 Å². The maximum absolute atomic E-state index is 8.92. The Kier molecular flexibility index (Phi) is 3.63. The summed E-state index contributed by atoms with van der Waals surface area (Å²) in [5, 5.41) is 8.92. The van der Waals surface area contributed by atoms with Crippen molar-refractivity contribution in [1.82, 2.24) is 9.47 Å². The Labute approximate surface area is 97.3 Å². The molecule has 0 radical (unpaired) electrons. The molecule has 0 aromatic carbocycles. The second-order valence-corrected chi connectivity index (χ2v) is 4.62. The van der Waals surface area contributed by atoms with E-state index < -0.39 is 0 Å². The summed E-state index contributed by atoms with van der Waals surface area (Å²) >= 11 is 0. The number of hydrogen-bond donors (Lipinski definition) is 0. The van der Waals surface area contributed by atoms with Gasteiger partial charge < -0.3 is 9.47 Å². The fourth-order valence-corrected chi connectivity index (χ4v) is 2.51. The van der Waals surface area contributed by atoms with E-state index in [1.54, 1.807) is 0 Å². The van der Waals surface area contributed by atoms with Crippen LogP contribution in [0.3, 0.4) is 0 Å². The van der Waals surface area contributed by atoms with Crippen LogP contribution in [0, 0.1) is 11.3 Å². The molecular formula is C13H19N3. The molecule has 0 bridgehead atoms. The number of nitriles is 1. The summed E-state index contributed by atoms with van der Waals surface area (Å²) in [6.45, 7) is 2.19. The zero-order valence-electron chi connectivity index (χ0n) is 9.89. The highest BCUT2D eigenvalue weighted by molar-refractivity contribution is 5.21. The minimum absolute atomic E-state index is 0.697. The highest BCUT2D eigenvalue weighted by Gasteiger charge is 2.18. The molecule has 3 heteroatoms. The van der Waals surface area contributed by atoms with Crippen molar-refractivity contribution in [2.24, 2.45) is 0 Å². The first kappa shape index (κ1) is 11.2. The van der Waals surface area contributed by atoms with Crippen LogP contribution in [0.2, 0.25) is 0 Å². The van der Waals surface area contributed by atoms with E-state index in [9.17, 15) is 0 Å². The number of aryl methyl sites for hydroxylation is 1. The largest absolute Gasteiger partial charge is 0.339 e. The monoisotopic (exact) mass is 217 g/mol. The first-order chi connectivity index (χ1) is 7.81. The molecule has 1 aromatic rings. The first-order valence-electron chi connectivity index (χ1n) is 6.07. The van der Waals surface area contributed by atoms with E-state index in [1.807, 2.05) is 18.3 Å². The van der Waals surface area contributed by atoms with Gasteiger partial charge in [0.05, 0.1) is 0 Å². The molecule has 1 aromatic heterocycles. The lowest BCUT2D eigenvalue weighted by atomic mass is 10.0. The molecule has 1 aliphatic rings. The van der Waals surface area contributed by atoms with E-state index in [2.05, 4.69) is 22.6 Å². The standard InChI is InChI=1S/C13H19N3/c1-15-8-3-2-5-12(15)7-10-16-9-4-6-13(16)11-14/h4,6,9,12H,2-3,5,7-8,10H2,1H3. The summed E-state index contributed by atoms with van der Waals surface area (Å²) in [7, 11) is 2.21. The van der Waals surface area contributed by atoms with Crippen molar-refractivity contribution in [2.75, 3.05) is 13.6 Å². The molecule has 0 N–H and O–H groups in total. The van der Waals surface area contributed by atoms with Gasteiger partial charge in [0, 0.05) is 18.8 Å². The number of nitrogens with zero attached hydrogens (tertiary/aromatic N) is 3. The summed E-state index contributed by atoms with van der Waals surface area (Å²) in [6, 6.07) is 6.75. The van der Waals surface area contributed by atoms with Gasteiger partial charge in [-0.1, -0.05) is 6.42 Å². The van der Waals surface area contributed by atoms with Gasteiger partial charge in [-0.25, -0.2) is 0 Å². The van der Waals surface area contributed by atoms with E-state index in [4.69, 9.17) is 5.26 Å². The van der Waals surface area contributed by atoms with Crippen LogP contribution in [0.25, 0.3) is 0 Å². The molecule has 0 aliphatic carbocycles. The van der Waals surface area contributed by atoms with E-state index in [-0.39, 0.29) is 0 Å². The topological polar surface area (TPSA) is 32.0 Å². The molecule has 2 rings (SSSR count). The van der Waals surface area contributed by atoms with Gasteiger partial charge in [0.25, 0.3) is 0 Å². The van der Waals surface area contributed by atoms with Crippen LogP contribution in [0.1, 0.15) is 31.4 Å². The van der Waals surface area contributed by atoms with Gasteiger partial charge >= 0.3 is 0 Å². The highest BCUT2D eigenvalue weighted by Crippen LogP contribution is 2.18. The van der Waals surface area contributed by atoms with Crippen molar-refractivity contribution in [2.45, 2.75) is 38.3 Å². The van der Waals surface area contributed by atoms with Crippen molar-refractivity contribution in [3.8, 4) is 6.07 Å². The van der Waals surface area contributed by atoms with Crippen LogP contribution in [-0.4, -0.2) is 29.1 Å². The number of hydrogen-bond acceptors (Lipinski definition) is 2. The fourth-order valence-electron chi connectivity index (χ4n) is 2.51. The van der Waals surface area contributed by atoms with Gasteiger partial charge in [-0.05, 0) is 45.0 Å². The third kappa shape index (κ3) is 2.45. The van der Waals surface area contributed by atoms with Crippen LogP contribution < -0.4 is 0 Å². The maximum atomic E-state index is 8.92. The van der Waals surface area contributed by atoms with Crippen molar-refractivity contribution >= 4 is 0 Å². The molecule has 1 unspecified atom stereocenters. The molecule has 0 spiro atoms. The molecule has 16 heavy (non-hydrogen) atoms. The molecule has 0 saturated carbocycles. The summed E-state index contributed by atoms with van der Waals surface area (Å²) in [5.41, 5.74) is 0.776. The van der Waals surface area contributed by atoms with Crippen LogP contribution >= 0.6 is 0 Å². The second kappa shape index (κ2) is 5.18. The molecule has 2 heterocycles. The predicted octanol–water partition coefficient (Wildman–Crippen LogP) is 2.23. The quantitative estimate of drug-likeness (QED) is 0.777. The van der Waals surface area contributed by atoms with Crippen molar-refractivity contribution < 1.29 is 0 Å². The Balaban J connectivity index is 1.89. The average molecular weight is 217 g/mol. The zero-order chi connectivity index (χ0) is 11.4. The smallest absolute Gasteiger partial charge is 0.120 e. The van der Waals surface area contributed by atoms with E-state index in [0.717, 1.165) is 18.7 Å². The van der Waals surface area contributed by atoms with Crippen LogP contribution in [0.5, 0.6) is 0 Å². The van der Waals surface area contributed by atoms with Crippen LogP contribution in [0.4, 0.5) is 0 Å². The van der Waals surface area contributed by atoms with Gasteiger partial charge in [0.2, 0.25) is 0 Å². The average Bonchev–Trinajstić information content (AvgIpc) is 2.75. The minimum atomic E-state index is 0.697. The summed E-state index contributed by atoms with van der Waals surface area (Å²) in [6.07, 6.45) is 7.15. The molecule has 1 fully saturated rings. The molecule has 3 nitrogen and oxygen atoms in total. The third-order valence-corrected chi connectivity index (χ3v) is 3.57. The highest BCUT2D eigenvalue weighted by atomic mass is 15.1. The Hall–Kier alpha value is -1.27. The number of piperidine rings is 1. The second-order valence-electron chi connectivity index (χ2n) is 4.62. The Bertz CT molecular complexity index is 375. The SMILES string of the molecule is CN1CCCCC1CCn1cccc1C#N. The van der Waals surface area contributed by atoms with Crippen molar-refractivity contribution in [3.63, 3.8) is 0 Å². The van der Waals surface area contributed by atoms with E-state index in [1.165, 1.54) is 25.8 Å². The van der Waals surface area contributed by atoms with Gasteiger partial charge in [-0.15, -0.1) is 0 Å². The summed E-state index contributed by atoms with van der Waals surface area (Å²) in [5.74, 6) is 0. The maximum Gasteiger partial charge on any atom is 0.120 e. The van der Waals surface area contributed by atoms with Crippen molar-refractivity contribution in [3.05, 3.63) is 24.0 Å². The first-order valence-corrected chi connectivity index (χ1v) is 6.07. The Morgan fingerprint density at radius 3 is 3.12 bits per heavy atom. The minimum Gasteiger partial charge on any atom is -0.339 e. The lowest BCUT2D eigenvalue weighted by Gasteiger charge is -2.32. The Morgan fingerprint density at radius 2 is 2.38 bits per heavy atom. The van der Waals surface area contributed by atoms with Crippen LogP contribution in [0.15, 0.2) is 18.3 Å². The molecule has 1 saturated heterocycles. The number of rotatable bonds is 3. The Morgan fingerprint density at radius 1 is 1.50 bits per heavy atom. The lowest BCUT2D eigenvalue weighted by Crippen LogP contribution is -2.36. The van der Waals surface area contributed by atoms with Gasteiger partial charge in [0.1, 0.15) is 11.8 Å². The van der Waals surface area contributed by atoms with Crippen molar-refractivity contribution in [1.29, 1.82) is 5.26 Å². The molecule has 1 aliphatic heterocycles. The fraction of sp³-hybridized carbons (Fsp3) is 0.615.